The summed E-state index contributed by atoms with van der Waals surface area (Å²) in [5, 5.41) is 0. The minimum Gasteiger partial charge on any atom is -0.262 e. The average Bonchev–Trinajstić information content (AvgIpc) is 2.17. The molecule has 1 aromatic heterocycles. The third kappa shape index (κ3) is 3.91. The highest BCUT2D eigenvalue weighted by Gasteiger charge is 1.99. The molecule has 1 atom stereocenters. The second-order valence-electron chi connectivity index (χ2n) is 4.21. The molecule has 0 N–H and O–H groups in total. The molecule has 0 radical (unpaired) electrons. The SMILES string of the molecule is CC[C@@H](C)CCCc1ccnc(C)c1. The number of pyridine rings is 1. The van der Waals surface area contributed by atoms with Gasteiger partial charge in [0, 0.05) is 11.9 Å². The van der Waals surface area contributed by atoms with E-state index in [1.165, 1.54) is 31.2 Å². The fourth-order valence-corrected chi connectivity index (χ4v) is 1.62. The van der Waals surface area contributed by atoms with Crippen LogP contribution in [-0.4, -0.2) is 4.98 Å². The van der Waals surface area contributed by atoms with E-state index in [2.05, 4.69) is 37.9 Å². The highest BCUT2D eigenvalue weighted by Crippen LogP contribution is 2.12. The third-order valence-corrected chi connectivity index (χ3v) is 2.82. The van der Waals surface area contributed by atoms with E-state index < -0.39 is 0 Å². The molecule has 1 heteroatoms. The molecule has 0 spiro atoms. The summed E-state index contributed by atoms with van der Waals surface area (Å²) < 4.78 is 0. The van der Waals surface area contributed by atoms with Crippen molar-refractivity contribution in [1.82, 2.24) is 4.98 Å². The molecule has 0 bridgehead atoms. The molecule has 0 amide bonds. The molecular weight excluding hydrogens is 170 g/mol. The van der Waals surface area contributed by atoms with E-state index in [0.29, 0.717) is 0 Å². The van der Waals surface area contributed by atoms with Crippen molar-refractivity contribution < 1.29 is 0 Å². The predicted molar refractivity (Wildman–Crippen MR) is 61.4 cm³/mol. The van der Waals surface area contributed by atoms with Crippen LogP contribution in [0.1, 0.15) is 44.4 Å². The van der Waals surface area contributed by atoms with Crippen LogP contribution in [0.25, 0.3) is 0 Å². The Morgan fingerprint density at radius 3 is 2.86 bits per heavy atom. The van der Waals surface area contributed by atoms with E-state index in [9.17, 15) is 0 Å². The van der Waals surface area contributed by atoms with E-state index in [-0.39, 0.29) is 0 Å². The summed E-state index contributed by atoms with van der Waals surface area (Å²) >= 11 is 0. The number of nitrogens with zero attached hydrogens (tertiary/aromatic N) is 1. The van der Waals surface area contributed by atoms with Crippen LogP contribution in [-0.2, 0) is 6.42 Å². The van der Waals surface area contributed by atoms with Gasteiger partial charge in [-0.05, 0) is 43.4 Å². The molecule has 78 valence electrons. The van der Waals surface area contributed by atoms with E-state index in [1.54, 1.807) is 0 Å². The Balaban J connectivity index is 2.31. The minimum absolute atomic E-state index is 0.873. The van der Waals surface area contributed by atoms with Crippen LogP contribution in [0.3, 0.4) is 0 Å². The van der Waals surface area contributed by atoms with Crippen LogP contribution in [0.15, 0.2) is 18.3 Å². The van der Waals surface area contributed by atoms with Crippen molar-refractivity contribution in [3.05, 3.63) is 29.6 Å². The molecule has 1 nitrogen and oxygen atoms in total. The standard InChI is InChI=1S/C13H21N/c1-4-11(2)6-5-7-13-8-9-14-12(3)10-13/h8-11H,4-7H2,1-3H3/t11-/m1/s1. The Morgan fingerprint density at radius 1 is 1.43 bits per heavy atom. The first kappa shape index (κ1) is 11.2. The van der Waals surface area contributed by atoms with Gasteiger partial charge >= 0.3 is 0 Å². The number of hydrogen-bond acceptors (Lipinski definition) is 1. The predicted octanol–water partition coefficient (Wildman–Crippen LogP) is 3.76. The van der Waals surface area contributed by atoms with Gasteiger partial charge in [-0.25, -0.2) is 0 Å². The van der Waals surface area contributed by atoms with Gasteiger partial charge in [-0.2, -0.15) is 0 Å². The first-order valence-electron chi connectivity index (χ1n) is 5.64. The van der Waals surface area contributed by atoms with Crippen molar-refractivity contribution in [2.24, 2.45) is 5.92 Å². The first-order valence-corrected chi connectivity index (χ1v) is 5.64. The van der Waals surface area contributed by atoms with Crippen molar-refractivity contribution in [3.63, 3.8) is 0 Å². The summed E-state index contributed by atoms with van der Waals surface area (Å²) in [6.45, 7) is 6.65. The number of rotatable bonds is 5. The molecule has 0 aromatic carbocycles. The molecule has 0 aliphatic carbocycles. The molecule has 0 unspecified atom stereocenters. The van der Waals surface area contributed by atoms with Crippen LogP contribution in [0.4, 0.5) is 0 Å². The van der Waals surface area contributed by atoms with E-state index >= 15 is 0 Å². The second kappa shape index (κ2) is 5.79. The summed E-state index contributed by atoms with van der Waals surface area (Å²) in [6, 6.07) is 4.32. The Bertz CT molecular complexity index is 268. The van der Waals surface area contributed by atoms with Crippen molar-refractivity contribution in [3.8, 4) is 0 Å². The van der Waals surface area contributed by atoms with Crippen LogP contribution < -0.4 is 0 Å². The van der Waals surface area contributed by atoms with Gasteiger partial charge in [0.25, 0.3) is 0 Å². The lowest BCUT2D eigenvalue weighted by atomic mass is 9.99. The van der Waals surface area contributed by atoms with Gasteiger partial charge in [0.1, 0.15) is 0 Å². The lowest BCUT2D eigenvalue weighted by molar-refractivity contribution is 0.495. The van der Waals surface area contributed by atoms with E-state index in [4.69, 9.17) is 0 Å². The van der Waals surface area contributed by atoms with Gasteiger partial charge in [0.2, 0.25) is 0 Å². The van der Waals surface area contributed by atoms with E-state index in [1.807, 2.05) is 6.20 Å². The molecule has 1 aromatic rings. The van der Waals surface area contributed by atoms with Gasteiger partial charge in [-0.15, -0.1) is 0 Å². The molecule has 1 heterocycles. The van der Waals surface area contributed by atoms with Gasteiger partial charge in [-0.3, -0.25) is 4.98 Å². The fourth-order valence-electron chi connectivity index (χ4n) is 1.62. The van der Waals surface area contributed by atoms with Crippen molar-refractivity contribution >= 4 is 0 Å². The summed E-state index contributed by atoms with van der Waals surface area (Å²) in [5.41, 5.74) is 2.56. The molecular formula is C13H21N. The monoisotopic (exact) mass is 191 g/mol. The smallest absolute Gasteiger partial charge is 0.0375 e. The topological polar surface area (TPSA) is 12.9 Å². The zero-order valence-electron chi connectivity index (χ0n) is 9.59. The maximum Gasteiger partial charge on any atom is 0.0375 e. The molecule has 14 heavy (non-hydrogen) atoms. The summed E-state index contributed by atoms with van der Waals surface area (Å²) in [5.74, 6) is 0.873. The van der Waals surface area contributed by atoms with Crippen LogP contribution >= 0.6 is 0 Å². The molecule has 0 aliphatic rings. The highest BCUT2D eigenvalue weighted by atomic mass is 14.6. The van der Waals surface area contributed by atoms with Crippen molar-refractivity contribution in [2.75, 3.05) is 0 Å². The largest absolute Gasteiger partial charge is 0.262 e. The Morgan fingerprint density at radius 2 is 2.21 bits per heavy atom. The van der Waals surface area contributed by atoms with Gasteiger partial charge in [0.05, 0.1) is 0 Å². The van der Waals surface area contributed by atoms with Gasteiger partial charge in [-0.1, -0.05) is 26.7 Å². The van der Waals surface area contributed by atoms with Crippen molar-refractivity contribution in [1.29, 1.82) is 0 Å². The number of aromatic nitrogens is 1. The third-order valence-electron chi connectivity index (χ3n) is 2.82. The lowest BCUT2D eigenvalue weighted by Crippen LogP contribution is -1.94. The first-order chi connectivity index (χ1) is 6.72. The summed E-state index contributed by atoms with van der Waals surface area (Å²) in [7, 11) is 0. The van der Waals surface area contributed by atoms with Crippen LogP contribution in [0, 0.1) is 12.8 Å². The molecule has 1 rings (SSSR count). The zero-order valence-corrected chi connectivity index (χ0v) is 9.59. The molecule has 0 saturated carbocycles. The average molecular weight is 191 g/mol. The maximum atomic E-state index is 4.20. The summed E-state index contributed by atoms with van der Waals surface area (Å²) in [4.78, 5) is 4.20. The number of hydrogen-bond donors (Lipinski definition) is 0. The molecule has 0 saturated heterocycles. The number of aryl methyl sites for hydroxylation is 2. The lowest BCUT2D eigenvalue weighted by Gasteiger charge is -2.07. The highest BCUT2D eigenvalue weighted by molar-refractivity contribution is 5.15. The van der Waals surface area contributed by atoms with Gasteiger partial charge in [0.15, 0.2) is 0 Å². The van der Waals surface area contributed by atoms with Crippen LogP contribution in [0.5, 0.6) is 0 Å². The zero-order chi connectivity index (χ0) is 10.4. The maximum absolute atomic E-state index is 4.20. The molecule has 0 fully saturated rings. The van der Waals surface area contributed by atoms with E-state index in [0.717, 1.165) is 11.6 Å². The Labute approximate surface area is 87.6 Å². The van der Waals surface area contributed by atoms with Crippen LogP contribution in [0.2, 0.25) is 0 Å². The second-order valence-corrected chi connectivity index (χ2v) is 4.21. The minimum atomic E-state index is 0.873. The normalized spacial score (nSPS) is 12.8. The van der Waals surface area contributed by atoms with Crippen molar-refractivity contribution in [2.45, 2.75) is 46.5 Å². The Kier molecular flexibility index (Phi) is 4.64. The quantitative estimate of drug-likeness (QED) is 0.690. The molecule has 0 aliphatic heterocycles. The summed E-state index contributed by atoms with van der Waals surface area (Å²) in [6.07, 6.45) is 7.06. The fraction of sp³-hybridized carbons (Fsp3) is 0.615. The van der Waals surface area contributed by atoms with Gasteiger partial charge < -0.3 is 0 Å². The Hall–Kier alpha value is -0.850.